The smallest absolute Gasteiger partial charge is 0.178 e. The largest absolute Gasteiger partial charge is 0.293 e. The summed E-state index contributed by atoms with van der Waals surface area (Å²) in [5.74, 6) is -0.0874. The molecule has 0 spiro atoms. The highest BCUT2D eigenvalue weighted by Crippen LogP contribution is 2.26. The standard InChI is InChI=1S/C12H8Cl2O/c13-7-12(15)10-5-6-11(14)9-4-2-1-3-8(9)10/h1-6H,7H2. The van der Waals surface area contributed by atoms with Gasteiger partial charge in [-0.2, -0.15) is 0 Å². The summed E-state index contributed by atoms with van der Waals surface area (Å²) in [5.41, 5.74) is 0.630. The summed E-state index contributed by atoms with van der Waals surface area (Å²) >= 11 is 11.6. The van der Waals surface area contributed by atoms with Crippen LogP contribution in [0, 0.1) is 0 Å². The van der Waals surface area contributed by atoms with E-state index in [4.69, 9.17) is 23.2 Å². The van der Waals surface area contributed by atoms with E-state index in [-0.39, 0.29) is 11.7 Å². The summed E-state index contributed by atoms with van der Waals surface area (Å²) in [4.78, 5) is 11.6. The molecule has 0 heterocycles. The van der Waals surface area contributed by atoms with Crippen LogP contribution in [0.4, 0.5) is 0 Å². The molecule has 3 heteroatoms. The first kappa shape index (κ1) is 10.5. The number of carbonyl (C=O) groups excluding carboxylic acids is 1. The first-order valence-electron chi connectivity index (χ1n) is 4.50. The van der Waals surface area contributed by atoms with Crippen LogP contribution in [0.2, 0.25) is 5.02 Å². The Morgan fingerprint density at radius 3 is 2.40 bits per heavy atom. The van der Waals surface area contributed by atoms with Crippen molar-refractivity contribution in [1.82, 2.24) is 0 Å². The van der Waals surface area contributed by atoms with Crippen LogP contribution in [0.25, 0.3) is 10.8 Å². The number of carbonyl (C=O) groups is 1. The quantitative estimate of drug-likeness (QED) is 0.573. The van der Waals surface area contributed by atoms with Crippen LogP contribution in [0.5, 0.6) is 0 Å². The summed E-state index contributed by atoms with van der Waals surface area (Å²) in [5, 5.41) is 2.39. The van der Waals surface area contributed by atoms with Crippen LogP contribution >= 0.6 is 23.2 Å². The van der Waals surface area contributed by atoms with Crippen LogP contribution in [0.15, 0.2) is 36.4 Å². The van der Waals surface area contributed by atoms with Crippen LogP contribution in [-0.2, 0) is 0 Å². The van der Waals surface area contributed by atoms with Crippen molar-refractivity contribution in [2.24, 2.45) is 0 Å². The number of hydrogen-bond donors (Lipinski definition) is 0. The highest BCUT2D eigenvalue weighted by atomic mass is 35.5. The molecular formula is C12H8Cl2O. The molecule has 0 aliphatic heterocycles. The zero-order valence-corrected chi connectivity index (χ0v) is 9.35. The molecule has 0 bridgehead atoms. The third-order valence-electron chi connectivity index (χ3n) is 2.29. The Morgan fingerprint density at radius 1 is 1.07 bits per heavy atom. The van der Waals surface area contributed by atoms with E-state index in [1.807, 2.05) is 24.3 Å². The van der Waals surface area contributed by atoms with E-state index in [1.54, 1.807) is 12.1 Å². The van der Waals surface area contributed by atoms with Gasteiger partial charge in [0.15, 0.2) is 5.78 Å². The van der Waals surface area contributed by atoms with Gasteiger partial charge < -0.3 is 0 Å². The van der Waals surface area contributed by atoms with Gasteiger partial charge in [0.25, 0.3) is 0 Å². The molecule has 0 aromatic heterocycles. The first-order valence-corrected chi connectivity index (χ1v) is 5.41. The van der Waals surface area contributed by atoms with Gasteiger partial charge in [-0.1, -0.05) is 35.9 Å². The lowest BCUT2D eigenvalue weighted by molar-refractivity contribution is 0.102. The minimum atomic E-state index is -0.0791. The second-order valence-electron chi connectivity index (χ2n) is 3.20. The van der Waals surface area contributed by atoms with Gasteiger partial charge in [-0.3, -0.25) is 4.79 Å². The molecule has 0 aliphatic rings. The Hall–Kier alpha value is -1.05. The van der Waals surface area contributed by atoms with Crippen molar-refractivity contribution >= 4 is 39.8 Å². The lowest BCUT2D eigenvalue weighted by Crippen LogP contribution is -2.00. The summed E-state index contributed by atoms with van der Waals surface area (Å²) in [6.07, 6.45) is 0. The fourth-order valence-corrected chi connectivity index (χ4v) is 1.95. The molecule has 0 saturated heterocycles. The van der Waals surface area contributed by atoms with Crippen LogP contribution in [0.3, 0.4) is 0 Å². The highest BCUT2D eigenvalue weighted by molar-refractivity contribution is 6.37. The van der Waals surface area contributed by atoms with Gasteiger partial charge in [0.05, 0.1) is 5.88 Å². The maximum absolute atomic E-state index is 11.6. The summed E-state index contributed by atoms with van der Waals surface area (Å²) in [7, 11) is 0. The van der Waals surface area contributed by atoms with Gasteiger partial charge in [0.1, 0.15) is 0 Å². The lowest BCUT2D eigenvalue weighted by atomic mass is 10.0. The number of alkyl halides is 1. The van der Waals surface area contributed by atoms with Crippen molar-refractivity contribution in [1.29, 1.82) is 0 Å². The van der Waals surface area contributed by atoms with Crippen molar-refractivity contribution in [2.45, 2.75) is 0 Å². The normalized spacial score (nSPS) is 10.5. The Bertz CT molecular complexity index is 520. The molecule has 15 heavy (non-hydrogen) atoms. The summed E-state index contributed by atoms with van der Waals surface area (Å²) in [6.45, 7) is 0. The average Bonchev–Trinajstić information content (AvgIpc) is 2.29. The molecule has 0 saturated carbocycles. The van der Waals surface area contributed by atoms with E-state index in [0.717, 1.165) is 10.8 Å². The fourth-order valence-electron chi connectivity index (χ4n) is 1.58. The Kier molecular flexibility index (Phi) is 2.94. The zero-order valence-electron chi connectivity index (χ0n) is 7.84. The van der Waals surface area contributed by atoms with E-state index < -0.39 is 0 Å². The molecule has 0 amide bonds. The second kappa shape index (κ2) is 4.21. The van der Waals surface area contributed by atoms with Crippen LogP contribution in [-0.4, -0.2) is 11.7 Å². The molecule has 0 unspecified atom stereocenters. The van der Waals surface area contributed by atoms with Crippen molar-refractivity contribution < 1.29 is 4.79 Å². The molecule has 76 valence electrons. The second-order valence-corrected chi connectivity index (χ2v) is 3.87. The molecule has 2 aromatic rings. The molecule has 0 N–H and O–H groups in total. The van der Waals surface area contributed by atoms with E-state index in [0.29, 0.717) is 10.6 Å². The molecular weight excluding hydrogens is 231 g/mol. The first-order chi connectivity index (χ1) is 7.24. The van der Waals surface area contributed by atoms with Crippen LogP contribution < -0.4 is 0 Å². The molecule has 0 fully saturated rings. The molecule has 0 radical (unpaired) electrons. The highest BCUT2D eigenvalue weighted by Gasteiger charge is 2.09. The van der Waals surface area contributed by atoms with Gasteiger partial charge in [-0.05, 0) is 17.5 Å². The van der Waals surface area contributed by atoms with E-state index >= 15 is 0 Å². The summed E-state index contributed by atoms with van der Waals surface area (Å²) < 4.78 is 0. The van der Waals surface area contributed by atoms with Crippen LogP contribution in [0.1, 0.15) is 10.4 Å². The Morgan fingerprint density at radius 2 is 1.73 bits per heavy atom. The number of fused-ring (bicyclic) bond motifs is 1. The van der Waals surface area contributed by atoms with Gasteiger partial charge in [0.2, 0.25) is 0 Å². The zero-order chi connectivity index (χ0) is 10.8. The van der Waals surface area contributed by atoms with Gasteiger partial charge >= 0.3 is 0 Å². The molecule has 2 aromatic carbocycles. The van der Waals surface area contributed by atoms with E-state index in [9.17, 15) is 4.79 Å². The Balaban J connectivity index is 2.77. The monoisotopic (exact) mass is 238 g/mol. The van der Waals surface area contributed by atoms with E-state index in [1.165, 1.54) is 0 Å². The third-order valence-corrected chi connectivity index (χ3v) is 2.86. The predicted octanol–water partition coefficient (Wildman–Crippen LogP) is 3.91. The Labute approximate surface area is 97.6 Å². The number of ketones is 1. The molecule has 1 nitrogen and oxygen atoms in total. The maximum Gasteiger partial charge on any atom is 0.178 e. The molecule has 0 aliphatic carbocycles. The van der Waals surface area contributed by atoms with Crippen molar-refractivity contribution in [3.8, 4) is 0 Å². The maximum atomic E-state index is 11.6. The van der Waals surface area contributed by atoms with E-state index in [2.05, 4.69) is 0 Å². The van der Waals surface area contributed by atoms with Gasteiger partial charge in [-0.25, -0.2) is 0 Å². The van der Waals surface area contributed by atoms with Crippen molar-refractivity contribution in [3.05, 3.63) is 47.0 Å². The SMILES string of the molecule is O=C(CCl)c1ccc(Cl)c2ccccc12. The van der Waals surface area contributed by atoms with Crippen molar-refractivity contribution in [2.75, 3.05) is 5.88 Å². The predicted molar refractivity (Wildman–Crippen MR) is 64.0 cm³/mol. The topological polar surface area (TPSA) is 17.1 Å². The third kappa shape index (κ3) is 1.85. The molecule has 0 atom stereocenters. The van der Waals surface area contributed by atoms with Gasteiger partial charge in [0, 0.05) is 16.0 Å². The minimum Gasteiger partial charge on any atom is -0.293 e. The minimum absolute atomic E-state index is 0.00831. The molecule has 2 rings (SSSR count). The number of halogens is 2. The number of hydrogen-bond acceptors (Lipinski definition) is 1. The number of benzene rings is 2. The summed E-state index contributed by atoms with van der Waals surface area (Å²) in [6, 6.07) is 11.0. The van der Waals surface area contributed by atoms with Crippen molar-refractivity contribution in [3.63, 3.8) is 0 Å². The number of Topliss-reactive ketones (excluding diaryl/α,β-unsaturated/α-hetero) is 1. The number of rotatable bonds is 2. The van der Waals surface area contributed by atoms with Gasteiger partial charge in [-0.15, -0.1) is 11.6 Å². The fraction of sp³-hybridized carbons (Fsp3) is 0.0833. The lowest BCUT2D eigenvalue weighted by Gasteiger charge is -2.05. The average molecular weight is 239 g/mol.